The van der Waals surface area contributed by atoms with E-state index < -0.39 is 0 Å². The van der Waals surface area contributed by atoms with E-state index in [1.807, 2.05) is 0 Å². The van der Waals surface area contributed by atoms with E-state index in [2.05, 4.69) is 0 Å². The second kappa shape index (κ2) is 232. The van der Waals surface area contributed by atoms with Gasteiger partial charge < -0.3 is 16.4 Å². The SMILES string of the molecule is [Am+3].[OH-].[OH-].[OH-]. The molecule has 0 radical (unpaired) electrons. The van der Waals surface area contributed by atoms with Crippen molar-refractivity contribution in [1.29, 1.82) is 0 Å². The molecule has 0 fully saturated rings. The summed E-state index contributed by atoms with van der Waals surface area (Å²) in [7, 11) is 0. The first-order valence-corrected chi connectivity index (χ1v) is 0. The van der Waals surface area contributed by atoms with Gasteiger partial charge in [0.05, 0.1) is 0 Å². The van der Waals surface area contributed by atoms with Crippen molar-refractivity contribution in [2.24, 2.45) is 0 Å². The van der Waals surface area contributed by atoms with E-state index in [9.17, 15) is 0 Å². The molecule has 28 valence electrons. The molecule has 3 nitrogen and oxygen atoms in total. The van der Waals surface area contributed by atoms with Gasteiger partial charge in [-0.1, -0.05) is 0 Å². The minimum Gasteiger partial charge on any atom is -0.870 e. The van der Waals surface area contributed by atoms with E-state index in [1.165, 1.54) is 0 Å². The number of rotatable bonds is 0. The maximum Gasteiger partial charge on any atom is 3.00 e. The Morgan fingerprint density at radius 1 is 0.500 bits per heavy atom. The molecular weight excluding hydrogens is 291 g/mol. The zero-order chi connectivity index (χ0) is 0. The van der Waals surface area contributed by atoms with Gasteiger partial charge in [0.2, 0.25) is 0 Å². The molecule has 0 aromatic rings. The molecule has 0 saturated carbocycles. The Balaban J connectivity index is 0. The Bertz CT molecular complexity index is 3.25. The van der Waals surface area contributed by atoms with Crippen LogP contribution in [0.4, 0.5) is 0 Å². The predicted molar refractivity (Wildman–Crippen MR) is 5.81 cm³/mol. The third-order valence-electron chi connectivity index (χ3n) is 0. The van der Waals surface area contributed by atoms with Gasteiger partial charge >= 0.3 is 14.3 Å². The molecule has 0 rings (SSSR count). The van der Waals surface area contributed by atoms with Crippen LogP contribution in [0.5, 0.6) is 0 Å². The Morgan fingerprint density at radius 3 is 0.500 bits per heavy atom. The molecule has 0 spiro atoms. The Kier molecular flexibility index (Phi) is 36400. The zero-order valence-corrected chi connectivity index (χ0v) is 4.87. The second-order valence-electron chi connectivity index (χ2n) is 0. The largest absolute Gasteiger partial charge is 3.00 e. The van der Waals surface area contributed by atoms with Crippen molar-refractivity contribution < 1.29 is 30.7 Å². The molecule has 0 aliphatic rings. The third-order valence-corrected chi connectivity index (χ3v) is 0. The van der Waals surface area contributed by atoms with Gasteiger partial charge in [-0.15, -0.1) is 0 Å². The van der Waals surface area contributed by atoms with Crippen molar-refractivity contribution in [2.45, 2.75) is 0 Å². The predicted octanol–water partition coefficient (Wildman–Crippen LogP) is -0.530. The smallest absolute Gasteiger partial charge is 0.870 e. The molecule has 0 heterocycles. The minimum absolute atomic E-state index is 0. The molecule has 0 amide bonds. The summed E-state index contributed by atoms with van der Waals surface area (Å²) in [5, 5.41) is 0. The summed E-state index contributed by atoms with van der Waals surface area (Å²) < 4.78 is 0. The summed E-state index contributed by atoms with van der Waals surface area (Å²) in [5.41, 5.74) is 0. The van der Waals surface area contributed by atoms with Gasteiger partial charge in [0.25, 0.3) is 0 Å². The normalized spacial score (nSPS) is 0. The summed E-state index contributed by atoms with van der Waals surface area (Å²) in [6.07, 6.45) is 0. The topological polar surface area (TPSA) is 90.0 Å². The van der Waals surface area contributed by atoms with Crippen LogP contribution in [0.3, 0.4) is 0 Å². The molecule has 4 heavy (non-hydrogen) atoms. The van der Waals surface area contributed by atoms with Crippen molar-refractivity contribution in [3.05, 3.63) is 0 Å². The van der Waals surface area contributed by atoms with E-state index in [1.54, 1.807) is 0 Å². The molecule has 0 aromatic carbocycles. The molecule has 0 atom stereocenters. The Hall–Kier alpha value is 0.270. The van der Waals surface area contributed by atoms with Crippen LogP contribution in [0.25, 0.3) is 0 Å². The van der Waals surface area contributed by atoms with Gasteiger partial charge in [-0.3, -0.25) is 0 Å². The first-order chi connectivity index (χ1) is 0. The van der Waals surface area contributed by atoms with Crippen molar-refractivity contribution >= 4 is 0 Å². The van der Waals surface area contributed by atoms with Crippen LogP contribution in [0.15, 0.2) is 0 Å². The van der Waals surface area contributed by atoms with Crippen LogP contribution in [0.2, 0.25) is 0 Å². The summed E-state index contributed by atoms with van der Waals surface area (Å²) >= 11 is 0. The molecule has 4 heteroatoms. The average Bonchev–Trinajstić information content (AvgIpc) is 0. The van der Waals surface area contributed by atoms with Crippen LogP contribution in [-0.4, -0.2) is 16.4 Å². The molecule has 0 aliphatic carbocycles. The van der Waals surface area contributed by atoms with Crippen LogP contribution in [0.1, 0.15) is 0 Å². The fourth-order valence-electron chi connectivity index (χ4n) is 0. The van der Waals surface area contributed by atoms with E-state index in [0.29, 0.717) is 0 Å². The van der Waals surface area contributed by atoms with Gasteiger partial charge in [-0.25, -0.2) is 0 Å². The second-order valence-corrected chi connectivity index (χ2v) is 0. The quantitative estimate of drug-likeness (QED) is 0.601. The fourth-order valence-corrected chi connectivity index (χ4v) is 0. The standard InChI is InChI=1S/Am.3H2O/h;3*1H2/q+3;;;/p-3. The average molecular weight is 294 g/mol. The van der Waals surface area contributed by atoms with E-state index in [-0.39, 0.29) is 30.7 Å². The van der Waals surface area contributed by atoms with Gasteiger partial charge in [0.1, 0.15) is 0 Å². The van der Waals surface area contributed by atoms with Gasteiger partial charge in [0.15, 0.2) is 0 Å². The molecule has 0 saturated heterocycles. The Morgan fingerprint density at radius 2 is 0.500 bits per heavy atom. The van der Waals surface area contributed by atoms with Crippen LogP contribution >= 0.6 is 0 Å². The third kappa shape index (κ3) is 50.3. The molecular formula is H3AmO3. The van der Waals surface area contributed by atoms with Crippen LogP contribution in [0, 0.1) is 14.3 Å². The van der Waals surface area contributed by atoms with Crippen molar-refractivity contribution in [2.75, 3.05) is 0 Å². The maximum absolute atomic E-state index is 0. The van der Waals surface area contributed by atoms with Crippen molar-refractivity contribution in [3.8, 4) is 0 Å². The first kappa shape index (κ1) is 628. The Labute approximate surface area is 31.8 Å². The van der Waals surface area contributed by atoms with Crippen molar-refractivity contribution in [1.82, 2.24) is 0 Å². The molecule has 0 unspecified atom stereocenters. The van der Waals surface area contributed by atoms with E-state index in [4.69, 9.17) is 0 Å². The van der Waals surface area contributed by atoms with E-state index >= 15 is 0 Å². The molecule has 0 aliphatic heterocycles. The van der Waals surface area contributed by atoms with Crippen LogP contribution < -0.4 is 0 Å². The van der Waals surface area contributed by atoms with E-state index in [0.717, 1.165) is 0 Å². The summed E-state index contributed by atoms with van der Waals surface area (Å²) in [6, 6.07) is 0. The molecule has 3 N–H and O–H groups in total. The summed E-state index contributed by atoms with van der Waals surface area (Å²) in [6.45, 7) is 0. The maximum atomic E-state index is 0. The van der Waals surface area contributed by atoms with Crippen molar-refractivity contribution in [3.63, 3.8) is 0 Å². The molecule has 0 aromatic heterocycles. The van der Waals surface area contributed by atoms with Gasteiger partial charge in [-0.05, 0) is 0 Å². The summed E-state index contributed by atoms with van der Waals surface area (Å²) in [4.78, 5) is 0. The fraction of sp³-hybridized carbons (Fsp3) is 0. The zero-order valence-electron chi connectivity index (χ0n) is 1.72. The van der Waals surface area contributed by atoms with Gasteiger partial charge in [-0.2, -0.15) is 0 Å². The number of hydrogen-bond acceptors (Lipinski definition) is 3. The number of hydrogen-bond donors (Lipinski definition) is 0. The monoisotopic (exact) mass is 292 g/mol. The van der Waals surface area contributed by atoms with Gasteiger partial charge in [0, 0.05) is 0 Å². The first-order valence-electron chi connectivity index (χ1n) is 0. The molecule has 0 bridgehead atoms. The van der Waals surface area contributed by atoms with Crippen LogP contribution in [-0.2, 0) is 0 Å². The minimum atomic E-state index is 0. The summed E-state index contributed by atoms with van der Waals surface area (Å²) in [5.74, 6) is 0.